The standard InChI is InChI=1S/C25H21FN2O3/c1-16-12-13-21(31-2)20(14-16)27-23-22(17-8-4-3-5-9-17)24(29)28(25(23)30)15-18-10-6-7-11-19(18)26/h3-14,27H,15H2,1-2H3. The van der Waals surface area contributed by atoms with E-state index >= 15 is 0 Å². The molecule has 1 N–H and O–H groups in total. The molecule has 1 aliphatic rings. The Morgan fingerprint density at radius 1 is 0.935 bits per heavy atom. The number of hydrogen-bond acceptors (Lipinski definition) is 4. The zero-order valence-corrected chi connectivity index (χ0v) is 17.2. The summed E-state index contributed by atoms with van der Waals surface area (Å²) in [5.74, 6) is -0.923. The fourth-order valence-corrected chi connectivity index (χ4v) is 3.56. The van der Waals surface area contributed by atoms with Gasteiger partial charge in [-0.2, -0.15) is 0 Å². The average Bonchev–Trinajstić information content (AvgIpc) is 3.00. The van der Waals surface area contributed by atoms with Gasteiger partial charge in [0.15, 0.2) is 0 Å². The molecule has 0 saturated heterocycles. The predicted octanol–water partition coefficient (Wildman–Crippen LogP) is 4.53. The Bertz CT molecular complexity index is 1190. The summed E-state index contributed by atoms with van der Waals surface area (Å²) >= 11 is 0. The minimum absolute atomic E-state index is 0.136. The van der Waals surface area contributed by atoms with Crippen LogP contribution in [-0.2, 0) is 16.1 Å². The number of imide groups is 1. The van der Waals surface area contributed by atoms with Crippen LogP contribution in [0.15, 0.2) is 78.5 Å². The van der Waals surface area contributed by atoms with Crippen LogP contribution in [0.5, 0.6) is 5.75 Å². The van der Waals surface area contributed by atoms with Crippen LogP contribution < -0.4 is 10.1 Å². The van der Waals surface area contributed by atoms with Crippen molar-refractivity contribution >= 4 is 23.1 Å². The van der Waals surface area contributed by atoms with Gasteiger partial charge in [-0.15, -0.1) is 0 Å². The van der Waals surface area contributed by atoms with E-state index in [2.05, 4.69) is 5.32 Å². The molecule has 156 valence electrons. The second-order valence-electron chi connectivity index (χ2n) is 7.23. The van der Waals surface area contributed by atoms with Crippen molar-refractivity contribution in [1.82, 2.24) is 4.90 Å². The summed E-state index contributed by atoms with van der Waals surface area (Å²) in [5, 5.41) is 3.11. The van der Waals surface area contributed by atoms with Gasteiger partial charge in [-0.1, -0.05) is 54.6 Å². The first-order chi connectivity index (χ1) is 15.0. The summed E-state index contributed by atoms with van der Waals surface area (Å²) in [6.07, 6.45) is 0. The van der Waals surface area contributed by atoms with Gasteiger partial charge in [-0.3, -0.25) is 14.5 Å². The minimum atomic E-state index is -0.518. The summed E-state index contributed by atoms with van der Waals surface area (Å²) < 4.78 is 19.6. The number of methoxy groups -OCH3 is 1. The van der Waals surface area contributed by atoms with Crippen molar-refractivity contribution in [3.8, 4) is 5.75 Å². The molecule has 1 heterocycles. The maximum atomic E-state index is 14.2. The number of hydrogen-bond donors (Lipinski definition) is 1. The Balaban J connectivity index is 1.78. The first-order valence-electron chi connectivity index (χ1n) is 9.80. The van der Waals surface area contributed by atoms with Crippen LogP contribution in [0.4, 0.5) is 10.1 Å². The molecule has 0 aliphatic carbocycles. The monoisotopic (exact) mass is 416 g/mol. The van der Waals surface area contributed by atoms with Gasteiger partial charge in [-0.25, -0.2) is 4.39 Å². The highest BCUT2D eigenvalue weighted by Gasteiger charge is 2.39. The van der Waals surface area contributed by atoms with Gasteiger partial charge in [0.2, 0.25) is 0 Å². The quantitative estimate of drug-likeness (QED) is 0.600. The number of carbonyl (C=O) groups is 2. The van der Waals surface area contributed by atoms with Crippen molar-refractivity contribution in [2.24, 2.45) is 0 Å². The van der Waals surface area contributed by atoms with Gasteiger partial charge in [0.25, 0.3) is 11.8 Å². The Morgan fingerprint density at radius 3 is 2.35 bits per heavy atom. The van der Waals surface area contributed by atoms with Gasteiger partial charge in [-0.05, 0) is 36.2 Å². The average molecular weight is 416 g/mol. The normalized spacial score (nSPS) is 13.7. The van der Waals surface area contributed by atoms with Gasteiger partial charge in [0, 0.05) is 5.56 Å². The molecule has 0 atom stereocenters. The summed E-state index contributed by atoms with van der Waals surface area (Å²) in [6.45, 7) is 1.76. The zero-order valence-electron chi connectivity index (χ0n) is 17.2. The van der Waals surface area contributed by atoms with Crippen LogP contribution in [0.2, 0.25) is 0 Å². The van der Waals surface area contributed by atoms with E-state index in [0.29, 0.717) is 17.0 Å². The lowest BCUT2D eigenvalue weighted by molar-refractivity contribution is -0.137. The van der Waals surface area contributed by atoms with Crippen LogP contribution in [-0.4, -0.2) is 23.8 Å². The SMILES string of the molecule is COc1ccc(C)cc1NC1=C(c2ccccc2)C(=O)N(Cc2ccccc2F)C1=O. The van der Waals surface area contributed by atoms with Crippen LogP contribution in [0.1, 0.15) is 16.7 Å². The molecule has 31 heavy (non-hydrogen) atoms. The highest BCUT2D eigenvalue weighted by atomic mass is 19.1. The van der Waals surface area contributed by atoms with Gasteiger partial charge >= 0.3 is 0 Å². The maximum absolute atomic E-state index is 14.2. The number of nitrogens with one attached hydrogen (secondary N) is 1. The van der Waals surface area contributed by atoms with Gasteiger partial charge < -0.3 is 10.1 Å². The molecular weight excluding hydrogens is 395 g/mol. The van der Waals surface area contributed by atoms with Crippen molar-refractivity contribution in [3.63, 3.8) is 0 Å². The van der Waals surface area contributed by atoms with Crippen molar-refractivity contribution < 1.29 is 18.7 Å². The number of ether oxygens (including phenoxy) is 1. The fourth-order valence-electron chi connectivity index (χ4n) is 3.56. The highest BCUT2D eigenvalue weighted by Crippen LogP contribution is 2.34. The molecule has 0 spiro atoms. The van der Waals surface area contributed by atoms with Crippen LogP contribution in [0.25, 0.3) is 5.57 Å². The van der Waals surface area contributed by atoms with E-state index in [-0.39, 0.29) is 23.4 Å². The Kier molecular flexibility index (Phi) is 5.54. The number of nitrogens with zero attached hydrogens (tertiary/aromatic N) is 1. The molecule has 0 bridgehead atoms. The number of anilines is 1. The fraction of sp³-hybridized carbons (Fsp3) is 0.120. The van der Waals surface area contributed by atoms with E-state index < -0.39 is 17.6 Å². The summed E-state index contributed by atoms with van der Waals surface area (Å²) in [7, 11) is 1.54. The van der Waals surface area contributed by atoms with E-state index in [9.17, 15) is 14.0 Å². The number of aryl methyl sites for hydroxylation is 1. The molecule has 0 unspecified atom stereocenters. The van der Waals surface area contributed by atoms with E-state index in [1.54, 1.807) is 48.5 Å². The Hall–Kier alpha value is -3.93. The predicted molar refractivity (Wildman–Crippen MR) is 117 cm³/mol. The molecule has 0 fully saturated rings. The molecule has 0 saturated carbocycles. The maximum Gasteiger partial charge on any atom is 0.278 e. The van der Waals surface area contributed by atoms with Crippen LogP contribution in [0, 0.1) is 12.7 Å². The second-order valence-corrected chi connectivity index (χ2v) is 7.23. The third kappa shape index (κ3) is 3.92. The summed E-state index contributed by atoms with van der Waals surface area (Å²) in [4.78, 5) is 27.7. The van der Waals surface area contributed by atoms with Crippen molar-refractivity contribution in [3.05, 3.63) is 101 Å². The molecule has 6 heteroatoms. The molecule has 1 aliphatic heterocycles. The zero-order chi connectivity index (χ0) is 22.0. The minimum Gasteiger partial charge on any atom is -0.495 e. The first kappa shape index (κ1) is 20.3. The third-order valence-electron chi connectivity index (χ3n) is 5.13. The van der Waals surface area contributed by atoms with Crippen LogP contribution >= 0.6 is 0 Å². The number of carbonyl (C=O) groups excluding carboxylic acids is 2. The van der Waals surface area contributed by atoms with Crippen molar-refractivity contribution in [2.75, 3.05) is 12.4 Å². The van der Waals surface area contributed by atoms with E-state index in [1.165, 1.54) is 13.2 Å². The van der Waals surface area contributed by atoms with E-state index in [0.717, 1.165) is 10.5 Å². The summed E-state index contributed by atoms with van der Waals surface area (Å²) in [5.41, 5.74) is 2.78. The molecule has 5 nitrogen and oxygen atoms in total. The molecule has 4 rings (SSSR count). The molecular formula is C25H21FN2O3. The molecule has 0 radical (unpaired) electrons. The lowest BCUT2D eigenvalue weighted by Gasteiger charge is -2.16. The van der Waals surface area contributed by atoms with Gasteiger partial charge in [0.05, 0.1) is 24.9 Å². The largest absolute Gasteiger partial charge is 0.495 e. The molecule has 3 aromatic rings. The second kappa shape index (κ2) is 8.44. The molecule has 0 aromatic heterocycles. The smallest absolute Gasteiger partial charge is 0.278 e. The van der Waals surface area contributed by atoms with Gasteiger partial charge in [0.1, 0.15) is 17.3 Å². The molecule has 3 aromatic carbocycles. The van der Waals surface area contributed by atoms with Crippen LogP contribution in [0.3, 0.4) is 0 Å². The Labute approximate surface area is 179 Å². The summed E-state index contributed by atoms with van der Waals surface area (Å²) in [6, 6.07) is 20.6. The first-order valence-corrected chi connectivity index (χ1v) is 9.80. The topological polar surface area (TPSA) is 58.6 Å². The highest BCUT2D eigenvalue weighted by molar-refractivity contribution is 6.36. The number of rotatable bonds is 6. The third-order valence-corrected chi connectivity index (χ3v) is 5.13. The van der Waals surface area contributed by atoms with Crippen molar-refractivity contribution in [1.29, 1.82) is 0 Å². The van der Waals surface area contributed by atoms with E-state index in [4.69, 9.17) is 4.74 Å². The number of benzene rings is 3. The van der Waals surface area contributed by atoms with Crippen molar-refractivity contribution in [2.45, 2.75) is 13.5 Å². The lowest BCUT2D eigenvalue weighted by atomic mass is 10.0. The Morgan fingerprint density at radius 2 is 1.65 bits per heavy atom. The molecule has 2 amide bonds. The number of halogens is 1. The number of amides is 2. The lowest BCUT2D eigenvalue weighted by Crippen LogP contribution is -2.32. The van der Waals surface area contributed by atoms with E-state index in [1.807, 2.05) is 25.1 Å².